The third-order valence-electron chi connectivity index (χ3n) is 3.80. The molecule has 16 heavy (non-hydrogen) atoms. The number of carboxylic acids is 1. The van der Waals surface area contributed by atoms with Gasteiger partial charge in [-0.05, 0) is 18.8 Å². The van der Waals surface area contributed by atoms with Crippen LogP contribution in [0, 0.1) is 11.8 Å². The molecule has 2 aliphatic rings. The molecule has 4 nitrogen and oxygen atoms in total. The lowest BCUT2D eigenvalue weighted by molar-refractivity contribution is -0.147. The van der Waals surface area contributed by atoms with Crippen LogP contribution in [0.3, 0.4) is 0 Å². The van der Waals surface area contributed by atoms with Gasteiger partial charge in [0.2, 0.25) is 5.91 Å². The minimum Gasteiger partial charge on any atom is -0.481 e. The second-order valence-corrected chi connectivity index (χ2v) is 5.15. The fourth-order valence-corrected chi connectivity index (χ4v) is 3.01. The fraction of sp³-hybridized carbons (Fsp3) is 0.833. The maximum Gasteiger partial charge on any atom is 0.308 e. The first kappa shape index (κ1) is 11.4. The Labute approximate surface area is 95.6 Å². The van der Waals surface area contributed by atoms with Crippen molar-refractivity contribution in [3.63, 3.8) is 0 Å². The van der Waals surface area contributed by atoms with E-state index in [1.807, 2.05) is 4.90 Å². The SMILES string of the molecule is CC1CC(=O)N(C2CCCCC2C(=O)O)C1. The molecule has 90 valence electrons. The number of hydrogen-bond donors (Lipinski definition) is 1. The third-order valence-corrected chi connectivity index (χ3v) is 3.80. The highest BCUT2D eigenvalue weighted by Crippen LogP contribution is 2.32. The fourth-order valence-electron chi connectivity index (χ4n) is 3.01. The standard InChI is InChI=1S/C12H19NO3/c1-8-6-11(14)13(7-8)10-5-3-2-4-9(10)12(15)16/h8-10H,2-7H2,1H3,(H,15,16). The summed E-state index contributed by atoms with van der Waals surface area (Å²) >= 11 is 0. The number of likely N-dealkylation sites (tertiary alicyclic amines) is 1. The van der Waals surface area contributed by atoms with Gasteiger partial charge in [0, 0.05) is 19.0 Å². The summed E-state index contributed by atoms with van der Waals surface area (Å²) in [4.78, 5) is 24.8. The molecule has 1 amide bonds. The zero-order chi connectivity index (χ0) is 11.7. The van der Waals surface area contributed by atoms with Gasteiger partial charge in [0.05, 0.1) is 5.92 Å². The second-order valence-electron chi connectivity index (χ2n) is 5.15. The van der Waals surface area contributed by atoms with E-state index in [4.69, 9.17) is 0 Å². The van der Waals surface area contributed by atoms with Crippen molar-refractivity contribution in [2.75, 3.05) is 6.54 Å². The first-order valence-corrected chi connectivity index (χ1v) is 6.12. The predicted octanol–water partition coefficient (Wildman–Crippen LogP) is 1.50. The van der Waals surface area contributed by atoms with Gasteiger partial charge in [-0.2, -0.15) is 0 Å². The van der Waals surface area contributed by atoms with E-state index in [0.717, 1.165) is 32.2 Å². The molecule has 2 fully saturated rings. The topological polar surface area (TPSA) is 57.6 Å². The average Bonchev–Trinajstić information content (AvgIpc) is 2.57. The van der Waals surface area contributed by atoms with Crippen molar-refractivity contribution in [2.45, 2.75) is 45.1 Å². The van der Waals surface area contributed by atoms with Crippen LogP contribution in [0.1, 0.15) is 39.0 Å². The first-order valence-electron chi connectivity index (χ1n) is 6.12. The quantitative estimate of drug-likeness (QED) is 0.774. The number of rotatable bonds is 2. The van der Waals surface area contributed by atoms with Crippen molar-refractivity contribution >= 4 is 11.9 Å². The van der Waals surface area contributed by atoms with Gasteiger partial charge in [0.15, 0.2) is 0 Å². The molecule has 0 bridgehead atoms. The second kappa shape index (κ2) is 4.44. The van der Waals surface area contributed by atoms with Gasteiger partial charge in [-0.1, -0.05) is 19.8 Å². The molecular weight excluding hydrogens is 206 g/mol. The summed E-state index contributed by atoms with van der Waals surface area (Å²) in [5.41, 5.74) is 0. The highest BCUT2D eigenvalue weighted by atomic mass is 16.4. The lowest BCUT2D eigenvalue weighted by Crippen LogP contribution is -2.46. The minimum atomic E-state index is -0.739. The summed E-state index contributed by atoms with van der Waals surface area (Å²) in [5.74, 6) is -0.561. The molecule has 1 aliphatic heterocycles. The molecule has 3 unspecified atom stereocenters. The molecule has 2 rings (SSSR count). The summed E-state index contributed by atoms with van der Waals surface area (Å²) in [7, 11) is 0. The van der Waals surface area contributed by atoms with Crippen LogP contribution in [0.25, 0.3) is 0 Å². The van der Waals surface area contributed by atoms with E-state index in [0.29, 0.717) is 12.3 Å². The monoisotopic (exact) mass is 225 g/mol. The molecule has 0 aromatic heterocycles. The van der Waals surface area contributed by atoms with E-state index in [1.165, 1.54) is 0 Å². The van der Waals surface area contributed by atoms with E-state index in [2.05, 4.69) is 6.92 Å². The van der Waals surface area contributed by atoms with Crippen molar-refractivity contribution in [2.24, 2.45) is 11.8 Å². The van der Waals surface area contributed by atoms with E-state index in [9.17, 15) is 14.7 Å². The number of nitrogens with zero attached hydrogens (tertiary/aromatic N) is 1. The predicted molar refractivity (Wildman–Crippen MR) is 58.9 cm³/mol. The average molecular weight is 225 g/mol. The van der Waals surface area contributed by atoms with Crippen molar-refractivity contribution in [3.8, 4) is 0 Å². The van der Waals surface area contributed by atoms with Gasteiger partial charge in [0.1, 0.15) is 0 Å². The van der Waals surface area contributed by atoms with Crippen LogP contribution in [-0.4, -0.2) is 34.5 Å². The van der Waals surface area contributed by atoms with E-state index >= 15 is 0 Å². The van der Waals surface area contributed by atoms with Crippen molar-refractivity contribution < 1.29 is 14.7 Å². The Kier molecular flexibility index (Phi) is 3.17. The van der Waals surface area contributed by atoms with Crippen molar-refractivity contribution in [1.29, 1.82) is 0 Å². The smallest absolute Gasteiger partial charge is 0.308 e. The number of hydrogen-bond acceptors (Lipinski definition) is 2. The largest absolute Gasteiger partial charge is 0.481 e. The molecule has 0 aromatic carbocycles. The zero-order valence-corrected chi connectivity index (χ0v) is 9.69. The number of carbonyl (C=O) groups excluding carboxylic acids is 1. The normalized spacial score (nSPS) is 35.4. The molecule has 3 atom stereocenters. The Morgan fingerprint density at radius 2 is 2.06 bits per heavy atom. The maximum atomic E-state index is 11.8. The molecule has 1 saturated heterocycles. The van der Waals surface area contributed by atoms with Crippen LogP contribution in [0.5, 0.6) is 0 Å². The molecule has 1 aliphatic carbocycles. The van der Waals surface area contributed by atoms with Gasteiger partial charge in [-0.25, -0.2) is 0 Å². The minimum absolute atomic E-state index is 0.0521. The molecule has 4 heteroatoms. The summed E-state index contributed by atoms with van der Waals surface area (Å²) in [6.07, 6.45) is 4.19. The zero-order valence-electron chi connectivity index (χ0n) is 9.69. The van der Waals surface area contributed by atoms with Crippen LogP contribution < -0.4 is 0 Å². The number of amides is 1. The maximum absolute atomic E-state index is 11.8. The van der Waals surface area contributed by atoms with Gasteiger partial charge in [-0.3, -0.25) is 9.59 Å². The van der Waals surface area contributed by atoms with Gasteiger partial charge < -0.3 is 10.0 Å². The highest BCUT2D eigenvalue weighted by molar-refractivity contribution is 5.80. The van der Waals surface area contributed by atoms with Crippen LogP contribution >= 0.6 is 0 Å². The van der Waals surface area contributed by atoms with Crippen molar-refractivity contribution in [3.05, 3.63) is 0 Å². The van der Waals surface area contributed by atoms with Gasteiger partial charge in [-0.15, -0.1) is 0 Å². The number of aliphatic carboxylic acids is 1. The van der Waals surface area contributed by atoms with E-state index in [-0.39, 0.29) is 17.9 Å². The Morgan fingerprint density at radius 1 is 1.38 bits per heavy atom. The number of carbonyl (C=O) groups is 2. The molecule has 0 radical (unpaired) electrons. The van der Waals surface area contributed by atoms with E-state index in [1.54, 1.807) is 0 Å². The Hall–Kier alpha value is -1.06. The molecule has 1 N–H and O–H groups in total. The summed E-state index contributed by atoms with van der Waals surface area (Å²) in [5, 5.41) is 9.18. The van der Waals surface area contributed by atoms with Crippen molar-refractivity contribution in [1.82, 2.24) is 4.90 Å². The lowest BCUT2D eigenvalue weighted by Gasteiger charge is -2.35. The summed E-state index contributed by atoms with van der Waals surface area (Å²) < 4.78 is 0. The third kappa shape index (κ3) is 2.06. The van der Waals surface area contributed by atoms with Crippen LogP contribution in [0.2, 0.25) is 0 Å². The van der Waals surface area contributed by atoms with Gasteiger partial charge >= 0.3 is 5.97 Å². The Balaban J connectivity index is 2.11. The molecule has 0 spiro atoms. The summed E-state index contributed by atoms with van der Waals surface area (Å²) in [6.45, 7) is 2.80. The molecule has 1 heterocycles. The van der Waals surface area contributed by atoms with Crippen LogP contribution in [0.15, 0.2) is 0 Å². The Morgan fingerprint density at radius 3 is 2.62 bits per heavy atom. The highest BCUT2D eigenvalue weighted by Gasteiger charge is 2.40. The molecule has 1 saturated carbocycles. The van der Waals surface area contributed by atoms with Crippen LogP contribution in [-0.2, 0) is 9.59 Å². The van der Waals surface area contributed by atoms with E-state index < -0.39 is 5.97 Å². The lowest BCUT2D eigenvalue weighted by atomic mass is 9.83. The summed E-state index contributed by atoms with van der Waals surface area (Å²) in [6, 6.07) is -0.0521. The first-order chi connectivity index (χ1) is 7.59. The molecular formula is C12H19NO3. The van der Waals surface area contributed by atoms with Gasteiger partial charge in [0.25, 0.3) is 0 Å². The Bertz CT molecular complexity index is 303. The van der Waals surface area contributed by atoms with Crippen LogP contribution in [0.4, 0.5) is 0 Å². The number of carboxylic acid groups (broad SMARTS) is 1. The molecule has 0 aromatic rings.